The van der Waals surface area contributed by atoms with Gasteiger partial charge in [-0.1, -0.05) is 25.1 Å². The van der Waals surface area contributed by atoms with E-state index in [2.05, 4.69) is 17.9 Å². The Morgan fingerprint density at radius 2 is 1.85 bits per heavy atom. The van der Waals surface area contributed by atoms with Gasteiger partial charge in [0.05, 0.1) is 24.1 Å². The smallest absolute Gasteiger partial charge is 0.241 e. The number of carbonyl (C=O) groups is 1. The maximum atomic E-state index is 13.0. The average Bonchev–Trinajstić information content (AvgIpc) is 3.26. The Kier molecular flexibility index (Phi) is 5.09. The third-order valence-corrected chi connectivity index (χ3v) is 8.18. The van der Waals surface area contributed by atoms with E-state index in [1.807, 2.05) is 35.7 Å². The number of benzene rings is 1. The van der Waals surface area contributed by atoms with Crippen molar-refractivity contribution in [2.24, 2.45) is 0 Å². The van der Waals surface area contributed by atoms with Gasteiger partial charge in [0, 0.05) is 23.2 Å². The van der Waals surface area contributed by atoms with Gasteiger partial charge in [-0.2, -0.15) is 0 Å². The lowest BCUT2D eigenvalue weighted by Crippen LogP contribution is -2.62. The van der Waals surface area contributed by atoms with Crippen molar-refractivity contribution in [2.45, 2.75) is 31.8 Å². The van der Waals surface area contributed by atoms with Crippen LogP contribution in [-0.4, -0.2) is 55.9 Å². The average molecular weight is 405 g/mol. The SMILES string of the molecule is CCc1ccc(N2C(=O)CN(CCc3cccs3)[C@H]3CS(=O)(=O)C[C@H]32)cc1. The lowest BCUT2D eigenvalue weighted by Gasteiger charge is -2.43. The predicted octanol–water partition coefficient (Wildman–Crippen LogP) is 2.37. The van der Waals surface area contributed by atoms with Crippen LogP contribution in [0.5, 0.6) is 0 Å². The Balaban J connectivity index is 1.59. The van der Waals surface area contributed by atoms with E-state index >= 15 is 0 Å². The fourth-order valence-corrected chi connectivity index (χ4v) is 6.82. The number of fused-ring (bicyclic) bond motifs is 1. The fourth-order valence-electron chi connectivity index (χ4n) is 4.14. The van der Waals surface area contributed by atoms with Crippen molar-refractivity contribution in [3.63, 3.8) is 0 Å². The lowest BCUT2D eigenvalue weighted by atomic mass is 10.0. The summed E-state index contributed by atoms with van der Waals surface area (Å²) < 4.78 is 24.8. The van der Waals surface area contributed by atoms with Crippen LogP contribution < -0.4 is 4.90 Å². The van der Waals surface area contributed by atoms with E-state index in [0.717, 1.165) is 18.5 Å². The summed E-state index contributed by atoms with van der Waals surface area (Å²) in [6.45, 7) is 3.08. The second kappa shape index (κ2) is 7.37. The molecule has 4 rings (SSSR count). The number of aryl methyl sites for hydroxylation is 1. The molecule has 0 radical (unpaired) electrons. The molecule has 2 aliphatic heterocycles. The van der Waals surface area contributed by atoms with Crippen molar-refractivity contribution in [3.05, 3.63) is 52.2 Å². The largest absolute Gasteiger partial charge is 0.306 e. The van der Waals surface area contributed by atoms with Crippen LogP contribution in [0, 0.1) is 0 Å². The quantitative estimate of drug-likeness (QED) is 0.768. The van der Waals surface area contributed by atoms with Gasteiger partial charge in [-0.25, -0.2) is 8.42 Å². The summed E-state index contributed by atoms with van der Waals surface area (Å²) in [6, 6.07) is 11.6. The second-order valence-electron chi connectivity index (χ2n) is 7.30. The van der Waals surface area contributed by atoms with Crippen molar-refractivity contribution in [1.29, 1.82) is 0 Å². The van der Waals surface area contributed by atoms with E-state index in [1.54, 1.807) is 16.2 Å². The first kappa shape index (κ1) is 18.7. The van der Waals surface area contributed by atoms with Gasteiger partial charge in [-0.3, -0.25) is 9.69 Å². The van der Waals surface area contributed by atoms with Gasteiger partial charge >= 0.3 is 0 Å². The molecule has 144 valence electrons. The highest BCUT2D eigenvalue weighted by Gasteiger charge is 2.49. The van der Waals surface area contributed by atoms with E-state index in [-0.39, 0.29) is 36.0 Å². The third kappa shape index (κ3) is 3.81. The van der Waals surface area contributed by atoms with Crippen LogP contribution in [0.4, 0.5) is 5.69 Å². The van der Waals surface area contributed by atoms with Gasteiger partial charge in [0.1, 0.15) is 0 Å². The van der Waals surface area contributed by atoms with Crippen LogP contribution in [0.3, 0.4) is 0 Å². The van der Waals surface area contributed by atoms with Crippen molar-refractivity contribution in [1.82, 2.24) is 4.90 Å². The number of thiophene rings is 1. The molecule has 5 nitrogen and oxygen atoms in total. The van der Waals surface area contributed by atoms with Gasteiger partial charge in [-0.05, 0) is 42.0 Å². The zero-order valence-corrected chi connectivity index (χ0v) is 17.0. The Morgan fingerprint density at radius 3 is 2.52 bits per heavy atom. The number of hydrogen-bond acceptors (Lipinski definition) is 5. The molecule has 0 N–H and O–H groups in total. The minimum Gasteiger partial charge on any atom is -0.306 e. The molecule has 2 saturated heterocycles. The van der Waals surface area contributed by atoms with Crippen LogP contribution in [0.25, 0.3) is 0 Å². The molecule has 3 heterocycles. The van der Waals surface area contributed by atoms with Crippen molar-refractivity contribution in [2.75, 3.05) is 29.5 Å². The van der Waals surface area contributed by atoms with Crippen molar-refractivity contribution >= 4 is 32.8 Å². The first-order valence-corrected chi connectivity index (χ1v) is 12.0. The molecule has 2 aromatic rings. The third-order valence-electron chi connectivity index (χ3n) is 5.55. The van der Waals surface area contributed by atoms with Gasteiger partial charge in [0.15, 0.2) is 9.84 Å². The van der Waals surface area contributed by atoms with Gasteiger partial charge < -0.3 is 4.90 Å². The van der Waals surface area contributed by atoms with Crippen LogP contribution in [-0.2, 0) is 27.5 Å². The molecule has 2 aliphatic rings. The van der Waals surface area contributed by atoms with E-state index < -0.39 is 9.84 Å². The zero-order valence-electron chi connectivity index (χ0n) is 15.4. The van der Waals surface area contributed by atoms with Crippen molar-refractivity contribution < 1.29 is 13.2 Å². The fraction of sp³-hybridized carbons (Fsp3) is 0.450. The number of piperazine rings is 1. The molecule has 1 aromatic carbocycles. The predicted molar refractivity (Wildman–Crippen MR) is 109 cm³/mol. The highest BCUT2D eigenvalue weighted by molar-refractivity contribution is 7.91. The summed E-state index contributed by atoms with van der Waals surface area (Å²) in [6.07, 6.45) is 1.78. The van der Waals surface area contributed by atoms with E-state index in [4.69, 9.17) is 0 Å². The molecule has 0 aliphatic carbocycles. The molecule has 1 amide bonds. The maximum Gasteiger partial charge on any atom is 0.241 e. The number of rotatable bonds is 5. The van der Waals surface area contributed by atoms with E-state index in [9.17, 15) is 13.2 Å². The highest BCUT2D eigenvalue weighted by atomic mass is 32.2. The number of amides is 1. The summed E-state index contributed by atoms with van der Waals surface area (Å²) >= 11 is 1.70. The summed E-state index contributed by atoms with van der Waals surface area (Å²) in [5.41, 5.74) is 2.01. The first-order valence-electron chi connectivity index (χ1n) is 9.35. The number of nitrogens with zero attached hydrogens (tertiary/aromatic N) is 2. The van der Waals surface area contributed by atoms with Crippen LogP contribution >= 0.6 is 11.3 Å². The Labute approximate surface area is 164 Å². The minimum atomic E-state index is -3.14. The van der Waals surface area contributed by atoms with Crippen LogP contribution in [0.15, 0.2) is 41.8 Å². The molecule has 0 bridgehead atoms. The van der Waals surface area contributed by atoms with E-state index in [0.29, 0.717) is 6.54 Å². The first-order chi connectivity index (χ1) is 13.0. The molecule has 1 aromatic heterocycles. The standard InChI is InChI=1S/C20H24N2O3S2/c1-2-15-5-7-16(8-6-15)22-19-14-27(24,25)13-18(19)21(12-20(22)23)10-9-17-4-3-11-26-17/h3-8,11,18-19H,2,9-10,12-14H2,1H3/t18-,19+/m0/s1. The monoisotopic (exact) mass is 404 g/mol. The molecule has 2 fully saturated rings. The summed E-state index contributed by atoms with van der Waals surface area (Å²) in [7, 11) is -3.14. The summed E-state index contributed by atoms with van der Waals surface area (Å²) in [5, 5.41) is 2.04. The maximum absolute atomic E-state index is 13.0. The Morgan fingerprint density at radius 1 is 1.11 bits per heavy atom. The van der Waals surface area contributed by atoms with Gasteiger partial charge in [0.25, 0.3) is 0 Å². The molecular weight excluding hydrogens is 380 g/mol. The van der Waals surface area contributed by atoms with Crippen LogP contribution in [0.2, 0.25) is 0 Å². The number of hydrogen-bond donors (Lipinski definition) is 0. The molecule has 2 atom stereocenters. The number of anilines is 1. The molecule has 0 spiro atoms. The molecule has 0 unspecified atom stereocenters. The minimum absolute atomic E-state index is 0.0104. The second-order valence-corrected chi connectivity index (χ2v) is 10.5. The summed E-state index contributed by atoms with van der Waals surface area (Å²) in [5.74, 6) is 0.177. The van der Waals surface area contributed by atoms with E-state index in [1.165, 1.54) is 10.4 Å². The zero-order chi connectivity index (χ0) is 19.0. The summed E-state index contributed by atoms with van der Waals surface area (Å²) in [4.78, 5) is 18.0. The van der Waals surface area contributed by atoms with Gasteiger partial charge in [-0.15, -0.1) is 11.3 Å². The number of sulfone groups is 1. The lowest BCUT2D eigenvalue weighted by molar-refractivity contribution is -0.123. The normalized spacial score (nSPS) is 24.9. The molecular formula is C20H24N2O3S2. The highest BCUT2D eigenvalue weighted by Crippen LogP contribution is 2.32. The van der Waals surface area contributed by atoms with Gasteiger partial charge in [0.2, 0.25) is 5.91 Å². The van der Waals surface area contributed by atoms with Crippen molar-refractivity contribution in [3.8, 4) is 0 Å². The molecule has 7 heteroatoms. The van der Waals surface area contributed by atoms with Crippen LogP contribution in [0.1, 0.15) is 17.4 Å². The Hall–Kier alpha value is -1.70. The topological polar surface area (TPSA) is 57.7 Å². The molecule has 27 heavy (non-hydrogen) atoms. The Bertz CT molecular complexity index is 907. The molecule has 0 saturated carbocycles. The number of carbonyl (C=O) groups excluding carboxylic acids is 1.